The van der Waals surface area contributed by atoms with Crippen LogP contribution >= 0.6 is 0 Å². The number of nitrogens with zero attached hydrogens (tertiary/aromatic N) is 2. The van der Waals surface area contributed by atoms with Gasteiger partial charge in [0.25, 0.3) is 0 Å². The Morgan fingerprint density at radius 3 is 2.87 bits per heavy atom. The Balaban J connectivity index is 2.05. The van der Waals surface area contributed by atoms with Crippen molar-refractivity contribution in [1.82, 2.24) is 5.32 Å². The van der Waals surface area contributed by atoms with Crippen molar-refractivity contribution in [2.75, 3.05) is 31.6 Å². The maximum Gasteiger partial charge on any atom is 0.418 e. The first-order chi connectivity index (χ1) is 10.9. The van der Waals surface area contributed by atoms with Gasteiger partial charge in [0.05, 0.1) is 11.3 Å². The van der Waals surface area contributed by atoms with Crippen LogP contribution in [-0.4, -0.2) is 32.7 Å². The van der Waals surface area contributed by atoms with E-state index in [0.717, 1.165) is 25.1 Å². The second-order valence-corrected chi connectivity index (χ2v) is 6.34. The van der Waals surface area contributed by atoms with Gasteiger partial charge in [-0.1, -0.05) is 6.07 Å². The van der Waals surface area contributed by atoms with Crippen LogP contribution < -0.4 is 10.2 Å². The van der Waals surface area contributed by atoms with E-state index in [1.165, 1.54) is 6.07 Å². The molecule has 124 valence electrons. The second kappa shape index (κ2) is 6.04. The van der Waals surface area contributed by atoms with Crippen molar-refractivity contribution >= 4 is 5.69 Å². The maximum absolute atomic E-state index is 13.6. The lowest BCUT2D eigenvalue weighted by molar-refractivity contribution is -0.137. The molecule has 2 aliphatic rings. The lowest BCUT2D eigenvalue weighted by Gasteiger charge is -2.31. The molecule has 2 aliphatic heterocycles. The number of hydrogen-bond donors (Lipinski definition) is 1. The highest BCUT2D eigenvalue weighted by atomic mass is 19.4. The molecule has 0 amide bonds. The average Bonchev–Trinajstić information content (AvgIpc) is 2.80. The molecule has 0 aromatic heterocycles. The smallest absolute Gasteiger partial charge is 0.370 e. The van der Waals surface area contributed by atoms with Crippen LogP contribution in [0.5, 0.6) is 0 Å². The Kier molecular flexibility index (Phi) is 4.24. The van der Waals surface area contributed by atoms with E-state index in [4.69, 9.17) is 6.57 Å². The van der Waals surface area contributed by atoms with Crippen molar-refractivity contribution in [2.24, 2.45) is 0 Å². The van der Waals surface area contributed by atoms with E-state index in [0.29, 0.717) is 30.6 Å². The standard InChI is InChI=1S/C17H20F3N3/c1-21-6-3-4-11-8-12-13-10-22-7-5-15(13)23(2)16(12)14(9-11)17(18,19)20/h8-9,13,15,22H,3-7,10H2,2H3/t13-,15-/m0/s1. The van der Waals surface area contributed by atoms with Gasteiger partial charge in [-0.25, -0.2) is 6.57 Å². The maximum atomic E-state index is 13.6. The zero-order valence-corrected chi connectivity index (χ0v) is 13.1. The summed E-state index contributed by atoms with van der Waals surface area (Å²) in [5.41, 5.74) is 1.34. The number of piperidine rings is 1. The molecule has 3 nitrogen and oxygen atoms in total. The van der Waals surface area contributed by atoms with Crippen LogP contribution in [0.3, 0.4) is 0 Å². The van der Waals surface area contributed by atoms with E-state index in [1.807, 2.05) is 11.0 Å². The average molecular weight is 323 g/mol. The van der Waals surface area contributed by atoms with E-state index in [1.54, 1.807) is 7.05 Å². The predicted molar refractivity (Wildman–Crippen MR) is 83.7 cm³/mol. The summed E-state index contributed by atoms with van der Waals surface area (Å²) in [6.45, 7) is 8.74. The topological polar surface area (TPSA) is 19.6 Å². The minimum absolute atomic E-state index is 0.116. The number of alkyl halides is 3. The van der Waals surface area contributed by atoms with Gasteiger partial charge in [0.2, 0.25) is 6.54 Å². The number of anilines is 1. The van der Waals surface area contributed by atoms with Crippen molar-refractivity contribution in [3.63, 3.8) is 0 Å². The van der Waals surface area contributed by atoms with Gasteiger partial charge >= 0.3 is 6.18 Å². The summed E-state index contributed by atoms with van der Waals surface area (Å²) in [7, 11) is 1.78. The minimum Gasteiger partial charge on any atom is -0.370 e. The zero-order chi connectivity index (χ0) is 16.6. The summed E-state index contributed by atoms with van der Waals surface area (Å²) in [5, 5.41) is 3.30. The summed E-state index contributed by atoms with van der Waals surface area (Å²) < 4.78 is 40.7. The molecule has 1 saturated heterocycles. The van der Waals surface area contributed by atoms with Gasteiger partial charge in [0.1, 0.15) is 0 Å². The molecule has 0 unspecified atom stereocenters. The fraction of sp³-hybridized carbons (Fsp3) is 0.588. The lowest BCUT2D eigenvalue weighted by atomic mass is 9.88. The number of rotatable bonds is 3. The minimum atomic E-state index is -4.35. The largest absolute Gasteiger partial charge is 0.418 e. The highest BCUT2D eigenvalue weighted by Crippen LogP contribution is 2.49. The number of benzene rings is 1. The first-order valence-electron chi connectivity index (χ1n) is 7.94. The molecular formula is C17H20F3N3. The third-order valence-corrected chi connectivity index (χ3v) is 4.94. The van der Waals surface area contributed by atoms with E-state index >= 15 is 0 Å². The highest BCUT2D eigenvalue weighted by Gasteiger charge is 2.44. The summed E-state index contributed by atoms with van der Waals surface area (Å²) >= 11 is 0. The molecule has 0 spiro atoms. The molecule has 0 saturated carbocycles. The summed E-state index contributed by atoms with van der Waals surface area (Å²) in [6.07, 6.45) is -2.37. The summed E-state index contributed by atoms with van der Waals surface area (Å²) in [6, 6.07) is 3.36. The van der Waals surface area contributed by atoms with Gasteiger partial charge in [-0.05, 0) is 36.6 Å². The fourth-order valence-corrected chi connectivity index (χ4v) is 3.91. The Bertz CT molecular complexity index is 633. The SMILES string of the molecule is [C-]#[N+]CCCc1cc2c(c(C(F)(F)F)c1)N(C)[C@H]1CCNC[C@@H]21. The van der Waals surface area contributed by atoms with Gasteiger partial charge < -0.3 is 15.1 Å². The monoisotopic (exact) mass is 323 g/mol. The molecule has 0 radical (unpaired) electrons. The molecule has 1 fully saturated rings. The normalized spacial score (nSPS) is 23.3. The van der Waals surface area contributed by atoms with Gasteiger partial charge in [-0.2, -0.15) is 13.2 Å². The van der Waals surface area contributed by atoms with Crippen molar-refractivity contribution < 1.29 is 13.2 Å². The Morgan fingerprint density at radius 1 is 1.39 bits per heavy atom. The fourth-order valence-electron chi connectivity index (χ4n) is 3.91. The van der Waals surface area contributed by atoms with Gasteiger partial charge in [-0.15, -0.1) is 0 Å². The Hall–Kier alpha value is -1.74. The number of halogens is 3. The number of likely N-dealkylation sites (N-methyl/N-ethyl adjacent to an activating group) is 1. The third-order valence-electron chi connectivity index (χ3n) is 4.94. The first kappa shape index (κ1) is 16.1. The molecular weight excluding hydrogens is 303 g/mol. The van der Waals surface area contributed by atoms with Gasteiger partial charge in [0.15, 0.2) is 0 Å². The number of fused-ring (bicyclic) bond motifs is 3. The molecule has 6 heteroatoms. The predicted octanol–water partition coefficient (Wildman–Crippen LogP) is 3.45. The molecule has 1 aromatic rings. The number of nitrogens with one attached hydrogen (secondary N) is 1. The molecule has 3 rings (SSSR count). The van der Waals surface area contributed by atoms with Crippen molar-refractivity contribution in [3.05, 3.63) is 40.2 Å². The molecule has 2 heterocycles. The number of aryl methyl sites for hydroxylation is 1. The lowest BCUT2D eigenvalue weighted by Crippen LogP contribution is -2.42. The van der Waals surface area contributed by atoms with Crippen LogP contribution in [-0.2, 0) is 12.6 Å². The van der Waals surface area contributed by atoms with Gasteiger partial charge in [-0.3, -0.25) is 0 Å². The van der Waals surface area contributed by atoms with Crippen molar-refractivity contribution in [2.45, 2.75) is 37.4 Å². The quantitative estimate of drug-likeness (QED) is 0.679. The molecule has 1 aromatic carbocycles. The first-order valence-corrected chi connectivity index (χ1v) is 7.94. The van der Waals surface area contributed by atoms with Crippen LogP contribution in [0.1, 0.15) is 35.4 Å². The van der Waals surface area contributed by atoms with E-state index in [9.17, 15) is 13.2 Å². The molecule has 0 bridgehead atoms. The molecule has 2 atom stereocenters. The highest BCUT2D eigenvalue weighted by molar-refractivity contribution is 5.68. The summed E-state index contributed by atoms with van der Waals surface area (Å²) in [5.74, 6) is 0.116. The van der Waals surface area contributed by atoms with Crippen molar-refractivity contribution in [3.8, 4) is 0 Å². The van der Waals surface area contributed by atoms with E-state index in [2.05, 4.69) is 10.2 Å². The Labute approximate surface area is 134 Å². The van der Waals surface area contributed by atoms with Crippen molar-refractivity contribution in [1.29, 1.82) is 0 Å². The molecule has 0 aliphatic carbocycles. The van der Waals surface area contributed by atoms with Gasteiger partial charge in [0, 0.05) is 32.0 Å². The van der Waals surface area contributed by atoms with Crippen LogP contribution in [0.2, 0.25) is 0 Å². The Morgan fingerprint density at radius 2 is 2.17 bits per heavy atom. The van der Waals surface area contributed by atoms with Crippen LogP contribution in [0.15, 0.2) is 12.1 Å². The number of hydrogen-bond acceptors (Lipinski definition) is 2. The zero-order valence-electron chi connectivity index (χ0n) is 13.1. The third kappa shape index (κ3) is 2.90. The van der Waals surface area contributed by atoms with Crippen LogP contribution in [0.25, 0.3) is 4.85 Å². The second-order valence-electron chi connectivity index (χ2n) is 6.34. The summed E-state index contributed by atoms with van der Waals surface area (Å²) in [4.78, 5) is 5.11. The van der Waals surface area contributed by atoms with E-state index in [-0.39, 0.29) is 12.0 Å². The van der Waals surface area contributed by atoms with Crippen LogP contribution in [0.4, 0.5) is 18.9 Å². The van der Waals surface area contributed by atoms with Crippen LogP contribution in [0, 0.1) is 6.57 Å². The van der Waals surface area contributed by atoms with E-state index < -0.39 is 11.7 Å². The molecule has 1 N–H and O–H groups in total. The molecule has 23 heavy (non-hydrogen) atoms.